The molecular weight excluding hydrogens is 186 g/mol. The molecule has 0 radical (unpaired) electrons. The number of rotatable bonds is 7. The maximum Gasteiger partial charge on any atom is 0.0555 e. The highest BCUT2D eigenvalue weighted by molar-refractivity contribution is 4.71. The van der Waals surface area contributed by atoms with Crippen LogP contribution in [0.5, 0.6) is 0 Å². The molecule has 0 bridgehead atoms. The topological polar surface area (TPSA) is 23.5 Å². The molecule has 0 heterocycles. The van der Waals surface area contributed by atoms with Crippen LogP contribution in [0.25, 0.3) is 0 Å². The van der Waals surface area contributed by atoms with Gasteiger partial charge < -0.3 is 10.0 Å². The molecule has 1 aliphatic rings. The van der Waals surface area contributed by atoms with Gasteiger partial charge in [0.05, 0.1) is 6.10 Å². The van der Waals surface area contributed by atoms with Crippen molar-refractivity contribution in [2.45, 2.75) is 58.5 Å². The van der Waals surface area contributed by atoms with Crippen LogP contribution in [0, 0.1) is 5.92 Å². The van der Waals surface area contributed by atoms with Gasteiger partial charge >= 0.3 is 0 Å². The van der Waals surface area contributed by atoms with Gasteiger partial charge in [-0.1, -0.05) is 39.5 Å². The Balaban J connectivity index is 2.09. The molecule has 0 amide bonds. The second kappa shape index (κ2) is 7.24. The largest absolute Gasteiger partial charge is 0.393 e. The maximum atomic E-state index is 9.92. The van der Waals surface area contributed by atoms with Crippen molar-refractivity contribution in [3.05, 3.63) is 0 Å². The molecule has 0 aromatic rings. The predicted octanol–water partition coefficient (Wildman–Crippen LogP) is 2.66. The van der Waals surface area contributed by atoms with Gasteiger partial charge in [0, 0.05) is 6.54 Å². The van der Waals surface area contributed by atoms with Gasteiger partial charge in [-0.15, -0.1) is 0 Å². The Bertz CT molecular complexity index is 151. The van der Waals surface area contributed by atoms with Crippen LogP contribution in [-0.4, -0.2) is 35.7 Å². The molecule has 0 saturated heterocycles. The van der Waals surface area contributed by atoms with Gasteiger partial charge in [0.15, 0.2) is 0 Å². The molecule has 2 heteroatoms. The number of hydrogen-bond donors (Lipinski definition) is 1. The SMILES string of the molecule is CCN(CC)CCC(O)CC1CCCC1. The van der Waals surface area contributed by atoms with Crippen LogP contribution in [-0.2, 0) is 0 Å². The summed E-state index contributed by atoms with van der Waals surface area (Å²) in [5, 5.41) is 9.92. The summed E-state index contributed by atoms with van der Waals surface area (Å²) in [6.45, 7) is 7.64. The van der Waals surface area contributed by atoms with Crippen molar-refractivity contribution < 1.29 is 5.11 Å². The molecule has 2 nitrogen and oxygen atoms in total. The molecule has 0 aliphatic heterocycles. The molecule has 1 saturated carbocycles. The second-order valence-corrected chi connectivity index (χ2v) is 4.86. The van der Waals surface area contributed by atoms with Gasteiger partial charge in [-0.25, -0.2) is 0 Å². The van der Waals surface area contributed by atoms with E-state index in [2.05, 4.69) is 18.7 Å². The normalized spacial score (nSPS) is 20.0. The average molecular weight is 213 g/mol. The summed E-state index contributed by atoms with van der Waals surface area (Å²) in [5.41, 5.74) is 0. The smallest absolute Gasteiger partial charge is 0.0555 e. The van der Waals surface area contributed by atoms with Crippen molar-refractivity contribution in [2.75, 3.05) is 19.6 Å². The molecule has 0 aromatic heterocycles. The number of nitrogens with zero attached hydrogens (tertiary/aromatic N) is 1. The molecule has 0 aromatic carbocycles. The predicted molar refractivity (Wildman–Crippen MR) is 65.0 cm³/mol. The first-order valence-corrected chi connectivity index (χ1v) is 6.66. The minimum Gasteiger partial charge on any atom is -0.393 e. The monoisotopic (exact) mass is 213 g/mol. The van der Waals surface area contributed by atoms with Crippen LogP contribution in [0.15, 0.2) is 0 Å². The molecule has 1 rings (SSSR count). The van der Waals surface area contributed by atoms with Crippen molar-refractivity contribution in [3.63, 3.8) is 0 Å². The Morgan fingerprint density at radius 1 is 1.20 bits per heavy atom. The first kappa shape index (κ1) is 13.0. The average Bonchev–Trinajstić information content (AvgIpc) is 2.72. The Hall–Kier alpha value is -0.0800. The fourth-order valence-corrected chi connectivity index (χ4v) is 2.62. The van der Waals surface area contributed by atoms with Crippen molar-refractivity contribution in [2.24, 2.45) is 5.92 Å². The van der Waals surface area contributed by atoms with E-state index in [9.17, 15) is 5.11 Å². The molecule has 1 unspecified atom stereocenters. The fourth-order valence-electron chi connectivity index (χ4n) is 2.62. The minimum absolute atomic E-state index is 0.0614. The summed E-state index contributed by atoms with van der Waals surface area (Å²) in [4.78, 5) is 2.39. The summed E-state index contributed by atoms with van der Waals surface area (Å²) in [5.74, 6) is 0.816. The lowest BCUT2D eigenvalue weighted by Gasteiger charge is -2.21. The molecule has 0 spiro atoms. The van der Waals surface area contributed by atoms with Gasteiger partial charge in [0.25, 0.3) is 0 Å². The Morgan fingerprint density at radius 3 is 2.33 bits per heavy atom. The van der Waals surface area contributed by atoms with Crippen molar-refractivity contribution in [1.82, 2.24) is 4.90 Å². The quantitative estimate of drug-likeness (QED) is 0.703. The van der Waals surface area contributed by atoms with E-state index < -0.39 is 0 Å². The van der Waals surface area contributed by atoms with Gasteiger partial charge in [0.1, 0.15) is 0 Å². The summed E-state index contributed by atoms with van der Waals surface area (Å²) >= 11 is 0. The van der Waals surface area contributed by atoms with Crippen LogP contribution in [0.1, 0.15) is 52.4 Å². The standard InChI is InChI=1S/C13H27NO/c1-3-14(4-2)10-9-13(15)11-12-7-5-6-8-12/h12-13,15H,3-11H2,1-2H3. The Labute approximate surface area is 94.7 Å². The molecule has 1 atom stereocenters. The van der Waals surface area contributed by atoms with Crippen LogP contribution in [0.4, 0.5) is 0 Å². The lowest BCUT2D eigenvalue weighted by atomic mass is 9.98. The van der Waals surface area contributed by atoms with E-state index in [4.69, 9.17) is 0 Å². The highest BCUT2D eigenvalue weighted by Crippen LogP contribution is 2.29. The van der Waals surface area contributed by atoms with E-state index in [1.165, 1.54) is 25.7 Å². The Morgan fingerprint density at radius 2 is 1.80 bits per heavy atom. The first-order valence-electron chi connectivity index (χ1n) is 6.66. The van der Waals surface area contributed by atoms with E-state index in [0.29, 0.717) is 0 Å². The summed E-state index contributed by atoms with van der Waals surface area (Å²) in [6, 6.07) is 0. The first-order chi connectivity index (χ1) is 7.26. The van der Waals surface area contributed by atoms with Crippen LogP contribution >= 0.6 is 0 Å². The van der Waals surface area contributed by atoms with Crippen molar-refractivity contribution in [1.29, 1.82) is 0 Å². The zero-order valence-electron chi connectivity index (χ0n) is 10.4. The lowest BCUT2D eigenvalue weighted by Crippen LogP contribution is -2.27. The van der Waals surface area contributed by atoms with E-state index in [-0.39, 0.29) is 6.10 Å². The molecule has 1 aliphatic carbocycles. The van der Waals surface area contributed by atoms with Crippen LogP contribution in [0.2, 0.25) is 0 Å². The molecule has 15 heavy (non-hydrogen) atoms. The zero-order chi connectivity index (χ0) is 11.1. The van der Waals surface area contributed by atoms with Gasteiger partial charge in [0.2, 0.25) is 0 Å². The highest BCUT2D eigenvalue weighted by Gasteiger charge is 2.18. The summed E-state index contributed by atoms with van der Waals surface area (Å²) < 4.78 is 0. The third kappa shape index (κ3) is 4.98. The summed E-state index contributed by atoms with van der Waals surface area (Å²) in [7, 11) is 0. The minimum atomic E-state index is -0.0614. The van der Waals surface area contributed by atoms with Crippen molar-refractivity contribution in [3.8, 4) is 0 Å². The summed E-state index contributed by atoms with van der Waals surface area (Å²) in [6.07, 6.45) is 7.40. The number of aliphatic hydroxyl groups excluding tert-OH is 1. The number of hydrogen-bond acceptors (Lipinski definition) is 2. The maximum absolute atomic E-state index is 9.92. The van der Waals surface area contributed by atoms with E-state index in [0.717, 1.165) is 38.4 Å². The van der Waals surface area contributed by atoms with Gasteiger partial charge in [-0.3, -0.25) is 0 Å². The third-order valence-electron chi connectivity index (χ3n) is 3.75. The van der Waals surface area contributed by atoms with E-state index in [1.807, 2.05) is 0 Å². The van der Waals surface area contributed by atoms with E-state index in [1.54, 1.807) is 0 Å². The van der Waals surface area contributed by atoms with Crippen molar-refractivity contribution >= 4 is 0 Å². The molecular formula is C13H27NO. The fraction of sp³-hybridized carbons (Fsp3) is 1.00. The van der Waals surface area contributed by atoms with Crippen LogP contribution in [0.3, 0.4) is 0 Å². The Kier molecular flexibility index (Phi) is 6.26. The van der Waals surface area contributed by atoms with Crippen LogP contribution < -0.4 is 0 Å². The van der Waals surface area contributed by atoms with Gasteiger partial charge in [-0.05, 0) is 31.8 Å². The van der Waals surface area contributed by atoms with E-state index >= 15 is 0 Å². The second-order valence-electron chi connectivity index (χ2n) is 4.86. The lowest BCUT2D eigenvalue weighted by molar-refractivity contribution is 0.118. The zero-order valence-corrected chi connectivity index (χ0v) is 10.4. The highest BCUT2D eigenvalue weighted by atomic mass is 16.3. The molecule has 1 N–H and O–H groups in total. The number of aliphatic hydroxyl groups is 1. The molecule has 1 fully saturated rings. The third-order valence-corrected chi connectivity index (χ3v) is 3.75. The van der Waals surface area contributed by atoms with Gasteiger partial charge in [-0.2, -0.15) is 0 Å². The molecule has 90 valence electrons.